The first kappa shape index (κ1) is 32.8. The molecule has 0 amide bonds. The fourth-order valence-electron chi connectivity index (χ4n) is 2.60. The van der Waals surface area contributed by atoms with E-state index in [-0.39, 0.29) is 122 Å². The zero-order valence-corrected chi connectivity index (χ0v) is 15.4. The van der Waals surface area contributed by atoms with E-state index in [0.717, 1.165) is 12.8 Å². The third kappa shape index (κ3) is 24.2. The predicted octanol–water partition coefficient (Wildman–Crippen LogP) is 3.13. The molecule has 3 N–H and O–H groups in total. The summed E-state index contributed by atoms with van der Waals surface area (Å²) in [7, 11) is 0. The van der Waals surface area contributed by atoms with Crippen LogP contribution in [0.1, 0.15) is 96.8 Å². The molecular formula is C19H39K2NO4. The van der Waals surface area contributed by atoms with Gasteiger partial charge < -0.3 is 15.6 Å². The standard InChI is InChI=1S/C19H37NO4.2K.2H/c1-2-3-4-5-6-7-8-9-10-11-12-13-16-24-18(21)15-14-17(20)19(22)23;;;;/h17H,2-16,20H2,1H3,(H,22,23);;;;/t17-;;;;/m0..../s1. The van der Waals surface area contributed by atoms with Crippen LogP contribution in [-0.4, -0.2) is 132 Å². The van der Waals surface area contributed by atoms with E-state index in [1.165, 1.54) is 64.2 Å². The number of hydrogen-bond donors (Lipinski definition) is 2. The van der Waals surface area contributed by atoms with Crippen LogP contribution in [0.4, 0.5) is 0 Å². The van der Waals surface area contributed by atoms with Gasteiger partial charge in [0.05, 0.1) is 6.61 Å². The molecule has 146 valence electrons. The second kappa shape index (κ2) is 25.2. The summed E-state index contributed by atoms with van der Waals surface area (Å²) in [5, 5.41) is 8.62. The van der Waals surface area contributed by atoms with Crippen LogP contribution in [0, 0.1) is 0 Å². The molecule has 0 aromatic rings. The molecule has 0 saturated heterocycles. The minimum absolute atomic E-state index is 0. The van der Waals surface area contributed by atoms with Crippen molar-refractivity contribution in [1.82, 2.24) is 0 Å². The maximum atomic E-state index is 11.4. The molecule has 0 aromatic heterocycles. The van der Waals surface area contributed by atoms with Crippen molar-refractivity contribution in [1.29, 1.82) is 0 Å². The fourth-order valence-corrected chi connectivity index (χ4v) is 2.60. The summed E-state index contributed by atoms with van der Waals surface area (Å²) in [5.41, 5.74) is 5.33. The Labute approximate surface area is 245 Å². The molecule has 1 atom stereocenters. The van der Waals surface area contributed by atoms with Crippen LogP contribution in [0.3, 0.4) is 0 Å². The first-order valence-corrected chi connectivity index (χ1v) is 9.72. The predicted molar refractivity (Wildman–Crippen MR) is 111 cm³/mol. The molecule has 0 spiro atoms. The molecule has 26 heavy (non-hydrogen) atoms. The molecule has 0 radical (unpaired) electrons. The first-order chi connectivity index (χ1) is 11.6. The van der Waals surface area contributed by atoms with Gasteiger partial charge in [0.15, 0.2) is 0 Å². The second-order valence-corrected chi connectivity index (χ2v) is 6.59. The Bertz CT molecular complexity index is 331. The Balaban J connectivity index is -0.00000264. The van der Waals surface area contributed by atoms with Gasteiger partial charge in [-0.05, 0) is 12.8 Å². The summed E-state index contributed by atoms with van der Waals surface area (Å²) < 4.78 is 5.08. The van der Waals surface area contributed by atoms with Gasteiger partial charge in [-0.2, -0.15) is 0 Å². The molecule has 0 aliphatic heterocycles. The number of carboxylic acid groups (broad SMARTS) is 1. The summed E-state index contributed by atoms with van der Waals surface area (Å²) in [6, 6.07) is -0.982. The van der Waals surface area contributed by atoms with Crippen LogP contribution in [0.2, 0.25) is 0 Å². The van der Waals surface area contributed by atoms with Gasteiger partial charge in [-0.3, -0.25) is 9.59 Å². The van der Waals surface area contributed by atoms with Crippen molar-refractivity contribution in [3.05, 3.63) is 0 Å². The third-order valence-corrected chi connectivity index (χ3v) is 4.24. The number of carbonyl (C=O) groups is 2. The molecule has 0 aliphatic rings. The topological polar surface area (TPSA) is 89.6 Å². The van der Waals surface area contributed by atoms with Crippen LogP contribution in [0.5, 0.6) is 0 Å². The minimum atomic E-state index is -1.08. The maximum absolute atomic E-state index is 11.4. The number of esters is 1. The number of carboxylic acids is 1. The number of aliphatic carboxylic acids is 1. The molecular weight excluding hydrogens is 384 g/mol. The fraction of sp³-hybridized carbons (Fsp3) is 0.895. The van der Waals surface area contributed by atoms with Crippen LogP contribution in [-0.2, 0) is 14.3 Å². The number of ether oxygens (including phenoxy) is 1. The summed E-state index contributed by atoms with van der Waals surface area (Å²) in [6.45, 7) is 2.68. The van der Waals surface area contributed by atoms with Gasteiger partial charge in [0.25, 0.3) is 0 Å². The molecule has 0 rings (SSSR count). The quantitative estimate of drug-likeness (QED) is 0.213. The van der Waals surface area contributed by atoms with Crippen molar-refractivity contribution in [3.8, 4) is 0 Å². The van der Waals surface area contributed by atoms with E-state index in [2.05, 4.69) is 6.92 Å². The Morgan fingerprint density at radius 2 is 1.27 bits per heavy atom. The van der Waals surface area contributed by atoms with Crippen LogP contribution in [0.25, 0.3) is 0 Å². The molecule has 0 unspecified atom stereocenters. The van der Waals surface area contributed by atoms with Gasteiger partial charge in [0, 0.05) is 6.42 Å². The third-order valence-electron chi connectivity index (χ3n) is 4.24. The molecule has 5 nitrogen and oxygen atoms in total. The second-order valence-electron chi connectivity index (χ2n) is 6.59. The average molecular weight is 424 g/mol. The summed E-state index contributed by atoms with van der Waals surface area (Å²) in [4.78, 5) is 21.9. The number of nitrogens with two attached hydrogens (primary N) is 1. The SMILES string of the molecule is CCCCCCCCCCCCCCOC(=O)CC[C@H](N)C(=O)O.[KH].[KH]. The number of rotatable bonds is 17. The zero-order chi connectivity index (χ0) is 18.0. The Kier molecular flexibility index (Phi) is 31.8. The van der Waals surface area contributed by atoms with Gasteiger partial charge in [0.1, 0.15) is 6.04 Å². The molecule has 0 aromatic carbocycles. The summed E-state index contributed by atoms with van der Waals surface area (Å²) >= 11 is 0. The summed E-state index contributed by atoms with van der Waals surface area (Å²) in [6.07, 6.45) is 15.5. The van der Waals surface area contributed by atoms with Gasteiger partial charge >= 0.3 is 115 Å². The van der Waals surface area contributed by atoms with Crippen molar-refractivity contribution in [2.45, 2.75) is 103 Å². The van der Waals surface area contributed by atoms with E-state index in [4.69, 9.17) is 15.6 Å². The average Bonchev–Trinajstić information content (AvgIpc) is 2.56. The van der Waals surface area contributed by atoms with E-state index >= 15 is 0 Å². The molecule has 0 heterocycles. The normalized spacial score (nSPS) is 11.2. The first-order valence-electron chi connectivity index (χ1n) is 9.72. The van der Waals surface area contributed by atoms with E-state index in [9.17, 15) is 9.59 Å². The molecule has 0 bridgehead atoms. The van der Waals surface area contributed by atoms with Crippen LogP contribution in [0.15, 0.2) is 0 Å². The van der Waals surface area contributed by atoms with E-state index in [0.29, 0.717) is 6.61 Å². The monoisotopic (exact) mass is 423 g/mol. The van der Waals surface area contributed by atoms with Crippen LogP contribution >= 0.6 is 0 Å². The summed E-state index contributed by atoms with van der Waals surface area (Å²) in [5.74, 6) is -1.43. The van der Waals surface area contributed by atoms with Gasteiger partial charge in [0.2, 0.25) is 0 Å². The van der Waals surface area contributed by atoms with E-state index in [1.54, 1.807) is 0 Å². The Hall–Kier alpha value is 2.17. The molecule has 7 heteroatoms. The van der Waals surface area contributed by atoms with Gasteiger partial charge in [-0.15, -0.1) is 0 Å². The number of unbranched alkanes of at least 4 members (excludes halogenated alkanes) is 11. The Morgan fingerprint density at radius 3 is 1.69 bits per heavy atom. The van der Waals surface area contributed by atoms with Crippen molar-refractivity contribution < 1.29 is 19.4 Å². The van der Waals surface area contributed by atoms with Crippen molar-refractivity contribution in [3.63, 3.8) is 0 Å². The zero-order valence-electron chi connectivity index (χ0n) is 15.4. The number of hydrogen-bond acceptors (Lipinski definition) is 4. The number of carbonyl (C=O) groups excluding carboxylic acids is 1. The molecule has 0 aliphatic carbocycles. The van der Waals surface area contributed by atoms with Gasteiger partial charge in [-0.25, -0.2) is 0 Å². The van der Waals surface area contributed by atoms with Gasteiger partial charge in [-0.1, -0.05) is 77.6 Å². The molecule has 0 fully saturated rings. The van der Waals surface area contributed by atoms with Crippen molar-refractivity contribution >= 4 is 115 Å². The van der Waals surface area contributed by atoms with Crippen molar-refractivity contribution in [2.75, 3.05) is 6.61 Å². The van der Waals surface area contributed by atoms with E-state index < -0.39 is 12.0 Å². The molecule has 0 saturated carbocycles. The Morgan fingerprint density at radius 1 is 0.846 bits per heavy atom. The van der Waals surface area contributed by atoms with Crippen molar-refractivity contribution in [2.24, 2.45) is 5.73 Å². The van der Waals surface area contributed by atoms with E-state index in [1.807, 2.05) is 0 Å². The van der Waals surface area contributed by atoms with Crippen LogP contribution < -0.4 is 5.73 Å².